The summed E-state index contributed by atoms with van der Waals surface area (Å²) in [6, 6.07) is 14.0. The van der Waals surface area contributed by atoms with Crippen LogP contribution in [0, 0.1) is 22.5 Å². The third-order valence-electron chi connectivity index (χ3n) is 2.65. The molecule has 92 valence electrons. The molecule has 0 aliphatic rings. The van der Waals surface area contributed by atoms with Crippen molar-refractivity contribution in [3.05, 3.63) is 75.3 Å². The van der Waals surface area contributed by atoms with Crippen LogP contribution in [0.1, 0.15) is 16.7 Å². The molecule has 2 rings (SSSR count). The van der Waals surface area contributed by atoms with Gasteiger partial charge < -0.3 is 0 Å². The van der Waals surface area contributed by atoms with Gasteiger partial charge in [-0.2, -0.15) is 0 Å². The van der Waals surface area contributed by atoms with Crippen molar-refractivity contribution in [1.29, 1.82) is 0 Å². The lowest BCUT2D eigenvalue weighted by Gasteiger charge is -1.96. The maximum absolute atomic E-state index is 10.5. The first-order valence-corrected chi connectivity index (χ1v) is 5.68. The topological polar surface area (TPSA) is 43.1 Å². The van der Waals surface area contributed by atoms with Gasteiger partial charge in [0.15, 0.2) is 0 Å². The fraction of sp³-hybridized carbons (Fsp3) is 0. The van der Waals surface area contributed by atoms with E-state index in [2.05, 4.69) is 5.92 Å². The first kappa shape index (κ1) is 12.6. The third kappa shape index (κ3) is 3.30. The number of non-ortho nitro benzene ring substituents is 1. The Balaban J connectivity index is 2.13. The van der Waals surface area contributed by atoms with Crippen molar-refractivity contribution in [1.82, 2.24) is 0 Å². The molecule has 0 spiro atoms. The van der Waals surface area contributed by atoms with Crippen LogP contribution in [0.15, 0.2) is 48.5 Å². The molecular formula is C16H11NO2. The van der Waals surface area contributed by atoms with E-state index in [1.54, 1.807) is 12.1 Å². The van der Waals surface area contributed by atoms with Gasteiger partial charge in [0.2, 0.25) is 0 Å². The van der Waals surface area contributed by atoms with Crippen LogP contribution in [0.3, 0.4) is 0 Å². The van der Waals surface area contributed by atoms with Gasteiger partial charge >= 0.3 is 0 Å². The number of terminal acetylenes is 1. The van der Waals surface area contributed by atoms with Crippen molar-refractivity contribution in [2.75, 3.05) is 0 Å². The van der Waals surface area contributed by atoms with Crippen LogP contribution in [0.4, 0.5) is 5.69 Å². The average Bonchev–Trinajstić information content (AvgIpc) is 2.46. The van der Waals surface area contributed by atoms with E-state index < -0.39 is 4.92 Å². The molecule has 3 nitrogen and oxygen atoms in total. The Kier molecular flexibility index (Phi) is 3.75. The van der Waals surface area contributed by atoms with Gasteiger partial charge in [0.05, 0.1) is 4.92 Å². The second kappa shape index (κ2) is 5.65. The molecule has 0 radical (unpaired) electrons. The summed E-state index contributed by atoms with van der Waals surface area (Å²) in [4.78, 5) is 10.1. The van der Waals surface area contributed by atoms with Crippen LogP contribution in [-0.2, 0) is 0 Å². The van der Waals surface area contributed by atoms with Gasteiger partial charge in [0, 0.05) is 17.7 Å². The Morgan fingerprint density at radius 3 is 1.84 bits per heavy atom. The predicted octanol–water partition coefficient (Wildman–Crippen LogP) is 3.75. The Labute approximate surface area is 111 Å². The number of nitro groups is 1. The van der Waals surface area contributed by atoms with Crippen LogP contribution in [-0.4, -0.2) is 4.92 Å². The minimum Gasteiger partial charge on any atom is -0.258 e. The fourth-order valence-corrected chi connectivity index (χ4v) is 1.59. The van der Waals surface area contributed by atoms with E-state index in [0.29, 0.717) is 0 Å². The zero-order chi connectivity index (χ0) is 13.7. The van der Waals surface area contributed by atoms with Gasteiger partial charge in [-0.1, -0.05) is 30.2 Å². The molecule has 3 heteroatoms. The van der Waals surface area contributed by atoms with Crippen molar-refractivity contribution in [2.24, 2.45) is 0 Å². The second-order valence-corrected chi connectivity index (χ2v) is 3.95. The highest BCUT2D eigenvalue weighted by atomic mass is 16.6. The smallest absolute Gasteiger partial charge is 0.258 e. The molecule has 2 aromatic rings. The molecule has 0 aliphatic heterocycles. The lowest BCUT2D eigenvalue weighted by Crippen LogP contribution is -1.86. The Bertz CT molecular complexity index is 647. The lowest BCUT2D eigenvalue weighted by molar-refractivity contribution is -0.384. The highest BCUT2D eigenvalue weighted by molar-refractivity contribution is 5.70. The molecular weight excluding hydrogens is 238 g/mol. The number of hydrogen-bond donors (Lipinski definition) is 0. The van der Waals surface area contributed by atoms with Gasteiger partial charge in [-0.15, -0.1) is 6.42 Å². The van der Waals surface area contributed by atoms with Crippen LogP contribution in [0.2, 0.25) is 0 Å². The second-order valence-electron chi connectivity index (χ2n) is 3.95. The molecule has 0 aromatic heterocycles. The number of nitrogens with zero attached hydrogens (tertiary/aromatic N) is 1. The Hall–Kier alpha value is -2.86. The van der Waals surface area contributed by atoms with E-state index in [0.717, 1.165) is 16.7 Å². The van der Waals surface area contributed by atoms with Gasteiger partial charge in [-0.25, -0.2) is 0 Å². The molecule has 0 fully saturated rings. The van der Waals surface area contributed by atoms with Gasteiger partial charge in [-0.05, 0) is 35.4 Å². The Morgan fingerprint density at radius 1 is 0.947 bits per heavy atom. The van der Waals surface area contributed by atoms with Crippen LogP contribution in [0.25, 0.3) is 12.2 Å². The summed E-state index contributed by atoms with van der Waals surface area (Å²) >= 11 is 0. The van der Waals surface area contributed by atoms with Crippen molar-refractivity contribution in [2.45, 2.75) is 0 Å². The summed E-state index contributed by atoms with van der Waals surface area (Å²) in [5.41, 5.74) is 2.87. The molecule has 2 aromatic carbocycles. The Morgan fingerprint density at radius 2 is 1.42 bits per heavy atom. The van der Waals surface area contributed by atoms with Crippen LogP contribution in [0.5, 0.6) is 0 Å². The standard InChI is InChI=1S/C16H11NO2/c1-2-13-3-5-14(6-4-13)7-8-15-9-11-16(12-10-15)17(18)19/h1,3-12H/b8-7-. The van der Waals surface area contributed by atoms with Crippen molar-refractivity contribution in [3.63, 3.8) is 0 Å². The van der Waals surface area contributed by atoms with E-state index in [4.69, 9.17) is 6.42 Å². The molecule has 0 heterocycles. The molecule has 0 N–H and O–H groups in total. The summed E-state index contributed by atoms with van der Waals surface area (Å²) in [5.74, 6) is 2.56. The zero-order valence-electron chi connectivity index (χ0n) is 10.1. The molecule has 0 saturated carbocycles. The van der Waals surface area contributed by atoms with Crippen LogP contribution >= 0.6 is 0 Å². The van der Waals surface area contributed by atoms with E-state index in [-0.39, 0.29) is 5.69 Å². The van der Waals surface area contributed by atoms with Gasteiger partial charge in [0.1, 0.15) is 0 Å². The number of nitro benzene ring substituents is 1. The molecule has 19 heavy (non-hydrogen) atoms. The molecule has 0 atom stereocenters. The molecule has 0 saturated heterocycles. The number of rotatable bonds is 3. The van der Waals surface area contributed by atoms with Crippen molar-refractivity contribution in [3.8, 4) is 12.3 Å². The quantitative estimate of drug-likeness (QED) is 0.360. The van der Waals surface area contributed by atoms with Crippen molar-refractivity contribution < 1.29 is 4.92 Å². The predicted molar refractivity (Wildman–Crippen MR) is 76.4 cm³/mol. The lowest BCUT2D eigenvalue weighted by atomic mass is 10.1. The number of benzene rings is 2. The van der Waals surface area contributed by atoms with Gasteiger partial charge in [0.25, 0.3) is 5.69 Å². The zero-order valence-corrected chi connectivity index (χ0v) is 10.1. The minimum atomic E-state index is -0.411. The van der Waals surface area contributed by atoms with E-state index >= 15 is 0 Å². The normalized spacial score (nSPS) is 10.3. The van der Waals surface area contributed by atoms with E-state index in [1.807, 2.05) is 36.4 Å². The maximum atomic E-state index is 10.5. The summed E-state index contributed by atoms with van der Waals surface area (Å²) in [6.45, 7) is 0. The third-order valence-corrected chi connectivity index (χ3v) is 2.65. The monoisotopic (exact) mass is 249 g/mol. The molecule has 0 aliphatic carbocycles. The number of hydrogen-bond acceptors (Lipinski definition) is 2. The fourth-order valence-electron chi connectivity index (χ4n) is 1.59. The summed E-state index contributed by atoms with van der Waals surface area (Å²) in [6.07, 6.45) is 9.11. The first-order valence-electron chi connectivity index (χ1n) is 5.68. The minimum absolute atomic E-state index is 0.0931. The van der Waals surface area contributed by atoms with Gasteiger partial charge in [-0.3, -0.25) is 10.1 Å². The maximum Gasteiger partial charge on any atom is 0.269 e. The van der Waals surface area contributed by atoms with Crippen molar-refractivity contribution >= 4 is 17.8 Å². The highest BCUT2D eigenvalue weighted by Gasteiger charge is 2.01. The summed E-state index contributed by atoms with van der Waals surface area (Å²) in [5, 5.41) is 10.5. The average molecular weight is 249 g/mol. The molecule has 0 amide bonds. The summed E-state index contributed by atoms with van der Waals surface area (Å²) in [7, 11) is 0. The van der Waals surface area contributed by atoms with E-state index in [1.165, 1.54) is 12.1 Å². The SMILES string of the molecule is C#Cc1ccc(/C=C\c2ccc([N+](=O)[O-])cc2)cc1. The first-order chi connectivity index (χ1) is 9.19. The molecule has 0 unspecified atom stereocenters. The highest BCUT2D eigenvalue weighted by Crippen LogP contribution is 2.14. The largest absolute Gasteiger partial charge is 0.269 e. The van der Waals surface area contributed by atoms with E-state index in [9.17, 15) is 10.1 Å². The van der Waals surface area contributed by atoms with Crippen LogP contribution < -0.4 is 0 Å². The molecule has 0 bridgehead atoms. The summed E-state index contributed by atoms with van der Waals surface area (Å²) < 4.78 is 0.